The number of carbonyl (C=O) groups excluding carboxylic acids is 2. The lowest BCUT2D eigenvalue weighted by molar-refractivity contribution is -0.322. The van der Waals surface area contributed by atoms with Gasteiger partial charge >= 0.3 is 0 Å². The highest BCUT2D eigenvalue weighted by molar-refractivity contribution is 7.87. The molecule has 0 saturated heterocycles. The highest BCUT2D eigenvalue weighted by Gasteiger charge is 2.57. The zero-order chi connectivity index (χ0) is 18.8. The fourth-order valence-corrected chi connectivity index (χ4v) is 5.36. The standard InChI is InChI=1S/C11H18O10S2/c1-4-7(22(16,17)18)11(10(14)15,6(3)9(12)13)8(5-2)23(19,20)21/h7-8H,3-5H2,1-2H3,(H,12,13)(H,14,15)(H,16,17,18)(H,19,20,21)/p-2. The smallest absolute Gasteiger partial charge is 0.269 e. The molecule has 0 aromatic carbocycles. The molecule has 23 heavy (non-hydrogen) atoms. The molecule has 0 spiro atoms. The van der Waals surface area contributed by atoms with Crippen molar-refractivity contribution < 1.29 is 45.7 Å². The first-order chi connectivity index (χ1) is 10.2. The Morgan fingerprint density at radius 1 is 1.00 bits per heavy atom. The van der Waals surface area contributed by atoms with Crippen molar-refractivity contribution in [3.05, 3.63) is 12.2 Å². The van der Waals surface area contributed by atoms with Crippen LogP contribution in [0.5, 0.6) is 0 Å². The molecular weight excluding hydrogens is 356 g/mol. The maximum atomic E-state index is 11.6. The molecule has 0 bridgehead atoms. The van der Waals surface area contributed by atoms with E-state index < -0.39 is 66.5 Å². The third kappa shape index (κ3) is 3.88. The first-order valence-electron chi connectivity index (χ1n) is 6.23. The summed E-state index contributed by atoms with van der Waals surface area (Å²) in [6.45, 7) is 5.01. The summed E-state index contributed by atoms with van der Waals surface area (Å²) in [5.41, 5.74) is -4.80. The van der Waals surface area contributed by atoms with E-state index in [9.17, 15) is 45.7 Å². The number of carbonyl (C=O) groups is 2. The molecule has 0 amide bonds. The second kappa shape index (κ2) is 6.95. The van der Waals surface area contributed by atoms with Crippen LogP contribution >= 0.6 is 0 Å². The van der Waals surface area contributed by atoms with E-state index in [1.807, 2.05) is 0 Å². The molecule has 10 nitrogen and oxygen atoms in total. The van der Waals surface area contributed by atoms with Crippen molar-refractivity contribution in [3.63, 3.8) is 0 Å². The molecule has 2 N–H and O–H groups in total. The summed E-state index contributed by atoms with van der Waals surface area (Å²) < 4.78 is 64.6. The van der Waals surface area contributed by atoms with Crippen LogP contribution < -0.4 is 10.2 Å². The molecule has 0 aliphatic heterocycles. The molecule has 0 rings (SSSR count). The van der Waals surface area contributed by atoms with Gasteiger partial charge < -0.3 is 19.8 Å². The molecule has 2 atom stereocenters. The molecule has 2 unspecified atom stereocenters. The Kier molecular flexibility index (Phi) is 6.49. The van der Waals surface area contributed by atoms with Gasteiger partial charge in [0.25, 0.3) is 20.2 Å². The lowest BCUT2D eigenvalue weighted by atomic mass is 9.72. The molecular formula is C11H16O10S2-2. The fraction of sp³-hybridized carbons (Fsp3) is 0.636. The van der Waals surface area contributed by atoms with Crippen molar-refractivity contribution in [3.8, 4) is 0 Å². The second-order valence-electron chi connectivity index (χ2n) is 4.75. The summed E-state index contributed by atoms with van der Waals surface area (Å²) in [6.07, 6.45) is -1.41. The van der Waals surface area contributed by atoms with Crippen LogP contribution in [-0.4, -0.2) is 48.4 Å². The van der Waals surface area contributed by atoms with Crippen LogP contribution in [0.1, 0.15) is 26.7 Å². The van der Waals surface area contributed by atoms with E-state index in [1.165, 1.54) is 0 Å². The molecule has 0 heterocycles. The minimum atomic E-state index is -5.26. The van der Waals surface area contributed by atoms with Crippen molar-refractivity contribution in [1.82, 2.24) is 0 Å². The van der Waals surface area contributed by atoms with E-state index in [0.717, 1.165) is 13.8 Å². The van der Waals surface area contributed by atoms with Gasteiger partial charge in [0.1, 0.15) is 10.5 Å². The second-order valence-corrected chi connectivity index (χ2v) is 7.94. The van der Waals surface area contributed by atoms with Gasteiger partial charge in [-0.15, -0.1) is 0 Å². The van der Waals surface area contributed by atoms with E-state index in [-0.39, 0.29) is 0 Å². The summed E-state index contributed by atoms with van der Waals surface area (Å²) in [4.78, 5) is 22.7. The highest BCUT2D eigenvalue weighted by Crippen LogP contribution is 2.43. The van der Waals surface area contributed by atoms with Crippen LogP contribution in [0.15, 0.2) is 12.2 Å². The lowest BCUT2D eigenvalue weighted by Gasteiger charge is -2.45. The van der Waals surface area contributed by atoms with Crippen LogP contribution in [0.3, 0.4) is 0 Å². The monoisotopic (exact) mass is 372 g/mol. The number of hydrogen-bond donors (Lipinski definition) is 2. The normalized spacial score (nSPS) is 17.7. The molecule has 0 fully saturated rings. The van der Waals surface area contributed by atoms with Gasteiger partial charge in [0.15, 0.2) is 0 Å². The first kappa shape index (κ1) is 21.5. The zero-order valence-corrected chi connectivity index (χ0v) is 13.9. The Morgan fingerprint density at radius 3 is 1.43 bits per heavy atom. The van der Waals surface area contributed by atoms with Gasteiger partial charge in [-0.25, -0.2) is 0 Å². The SMILES string of the molecule is C=C(C(=O)[O-])C(C(=O)[O-])(C(CC)S(=O)(=O)O)C(CC)S(=O)(=O)O. The van der Waals surface area contributed by atoms with E-state index in [4.69, 9.17) is 0 Å². The lowest BCUT2D eigenvalue weighted by Crippen LogP contribution is -2.63. The highest BCUT2D eigenvalue weighted by atomic mass is 32.2. The van der Waals surface area contributed by atoms with Crippen LogP contribution in [0, 0.1) is 5.41 Å². The maximum Gasteiger partial charge on any atom is 0.269 e. The first-order valence-corrected chi connectivity index (χ1v) is 9.24. The number of rotatable bonds is 9. The quantitative estimate of drug-likeness (QED) is 0.319. The van der Waals surface area contributed by atoms with Gasteiger partial charge in [-0.3, -0.25) is 9.11 Å². The molecule has 0 aliphatic carbocycles. The predicted molar refractivity (Wildman–Crippen MR) is 72.8 cm³/mol. The van der Waals surface area contributed by atoms with Crippen LogP contribution in [0.2, 0.25) is 0 Å². The molecule has 134 valence electrons. The van der Waals surface area contributed by atoms with Gasteiger partial charge in [0.05, 0.1) is 17.4 Å². The Hall–Kier alpha value is -1.50. The van der Waals surface area contributed by atoms with Crippen molar-refractivity contribution in [2.75, 3.05) is 0 Å². The van der Waals surface area contributed by atoms with Crippen LogP contribution in [0.4, 0.5) is 0 Å². The van der Waals surface area contributed by atoms with Crippen LogP contribution in [-0.2, 0) is 29.8 Å². The molecule has 0 aromatic rings. The summed E-state index contributed by atoms with van der Waals surface area (Å²) in [7, 11) is -10.5. The largest absolute Gasteiger partial charge is 0.549 e. The van der Waals surface area contributed by atoms with Gasteiger partial charge in [-0.1, -0.05) is 20.4 Å². The summed E-state index contributed by atoms with van der Waals surface area (Å²) in [6, 6.07) is 0. The zero-order valence-electron chi connectivity index (χ0n) is 12.3. The Morgan fingerprint density at radius 2 is 1.30 bits per heavy atom. The van der Waals surface area contributed by atoms with Crippen LogP contribution in [0.25, 0.3) is 0 Å². The van der Waals surface area contributed by atoms with Gasteiger partial charge in [0, 0.05) is 0 Å². The number of aliphatic carboxylic acids is 2. The summed E-state index contributed by atoms with van der Waals surface area (Å²) >= 11 is 0. The topological polar surface area (TPSA) is 189 Å². The minimum Gasteiger partial charge on any atom is -0.549 e. The Labute approximate surface area is 133 Å². The van der Waals surface area contributed by atoms with Gasteiger partial charge in [-0.05, 0) is 18.4 Å². The van der Waals surface area contributed by atoms with Gasteiger partial charge in [-0.2, -0.15) is 16.8 Å². The average molecular weight is 372 g/mol. The third-order valence-electron chi connectivity index (χ3n) is 3.56. The number of carboxylic acids is 2. The van der Waals surface area contributed by atoms with Crippen molar-refractivity contribution in [2.45, 2.75) is 37.2 Å². The Bertz CT molecular complexity index is 663. The third-order valence-corrected chi connectivity index (χ3v) is 6.41. The fourth-order valence-electron chi connectivity index (χ4n) is 2.69. The van der Waals surface area contributed by atoms with Crippen molar-refractivity contribution in [2.24, 2.45) is 5.41 Å². The van der Waals surface area contributed by atoms with Crippen molar-refractivity contribution >= 4 is 32.2 Å². The summed E-state index contributed by atoms with van der Waals surface area (Å²) in [5, 5.41) is 17.8. The van der Waals surface area contributed by atoms with E-state index in [0.29, 0.717) is 0 Å². The average Bonchev–Trinajstić information content (AvgIpc) is 2.33. The number of hydrogen-bond acceptors (Lipinski definition) is 8. The van der Waals surface area contributed by atoms with Gasteiger partial charge in [0.2, 0.25) is 0 Å². The molecule has 0 saturated carbocycles. The van der Waals surface area contributed by atoms with E-state index in [1.54, 1.807) is 0 Å². The number of carboxylic acid groups (broad SMARTS) is 2. The Balaban J connectivity index is 7.12. The predicted octanol–water partition coefficient (Wildman–Crippen LogP) is -2.64. The molecule has 0 aromatic heterocycles. The summed E-state index contributed by atoms with van der Waals surface area (Å²) in [5.74, 6) is -4.71. The minimum absolute atomic E-state index is 0.703. The van der Waals surface area contributed by atoms with Crippen molar-refractivity contribution in [1.29, 1.82) is 0 Å². The van der Waals surface area contributed by atoms with E-state index in [2.05, 4.69) is 6.58 Å². The van der Waals surface area contributed by atoms with E-state index >= 15 is 0 Å². The molecule has 0 aliphatic rings. The maximum absolute atomic E-state index is 11.6. The molecule has 12 heteroatoms. The molecule has 0 radical (unpaired) electrons.